The van der Waals surface area contributed by atoms with Gasteiger partial charge in [0.15, 0.2) is 0 Å². The van der Waals surface area contributed by atoms with Gasteiger partial charge in [0.25, 0.3) is 0 Å². The highest BCUT2D eigenvalue weighted by Crippen LogP contribution is 2.40. The van der Waals surface area contributed by atoms with Crippen LogP contribution in [0.3, 0.4) is 0 Å². The molecule has 4 heteroatoms. The van der Waals surface area contributed by atoms with Crippen LogP contribution < -0.4 is 20.9 Å². The average Bonchev–Trinajstić information content (AvgIpc) is 2.91. The summed E-state index contributed by atoms with van der Waals surface area (Å²) in [4.78, 5) is 2.27. The first-order valence-electron chi connectivity index (χ1n) is 11.3. The fourth-order valence-electron chi connectivity index (χ4n) is 3.86. The molecule has 0 aliphatic rings. The molecule has 2 N–H and O–H groups in total. The van der Waals surface area contributed by atoms with E-state index in [-0.39, 0.29) is 0 Å². The smallest absolute Gasteiger partial charge is 0.105 e. The van der Waals surface area contributed by atoms with Crippen LogP contribution in [-0.2, 0) is 0 Å². The molecule has 0 unspecified atom stereocenters. The second-order valence-electron chi connectivity index (χ2n) is 7.79. The number of nitrogens with zero attached hydrogens (tertiary/aromatic N) is 2. The zero-order valence-electron chi connectivity index (χ0n) is 18.8. The SMILES string of the molecule is c1ccc(NN(Nc2ccccc2)c2ccccc2N(c2ccccc2)c2ccccc2)cc1. The van der Waals surface area contributed by atoms with Gasteiger partial charge in [0.2, 0.25) is 0 Å². The van der Waals surface area contributed by atoms with E-state index in [9.17, 15) is 0 Å². The van der Waals surface area contributed by atoms with Crippen LogP contribution in [0.4, 0.5) is 34.1 Å². The van der Waals surface area contributed by atoms with Gasteiger partial charge >= 0.3 is 0 Å². The third kappa shape index (κ3) is 4.87. The summed E-state index contributed by atoms with van der Waals surface area (Å²) in [5.74, 6) is 0. The molecule has 0 aromatic heterocycles. The number of hydrogen-bond donors (Lipinski definition) is 2. The normalized spacial score (nSPS) is 10.4. The molecule has 5 aromatic rings. The Morgan fingerprint density at radius 1 is 0.353 bits per heavy atom. The van der Waals surface area contributed by atoms with E-state index in [1.807, 2.05) is 53.6 Å². The van der Waals surface area contributed by atoms with E-state index in [0.717, 1.165) is 34.1 Å². The van der Waals surface area contributed by atoms with E-state index in [0.29, 0.717) is 0 Å². The second kappa shape index (κ2) is 10.3. The quantitative estimate of drug-likeness (QED) is 0.238. The molecular formula is C30H26N4. The summed E-state index contributed by atoms with van der Waals surface area (Å²) in [6.07, 6.45) is 0. The first-order chi connectivity index (χ1) is 16.9. The van der Waals surface area contributed by atoms with Gasteiger partial charge in [-0.3, -0.25) is 10.9 Å². The van der Waals surface area contributed by atoms with Crippen LogP contribution >= 0.6 is 0 Å². The summed E-state index contributed by atoms with van der Waals surface area (Å²) in [6, 6.07) is 49.6. The highest BCUT2D eigenvalue weighted by Gasteiger charge is 2.19. The molecule has 34 heavy (non-hydrogen) atoms. The van der Waals surface area contributed by atoms with Crippen LogP contribution in [0.1, 0.15) is 0 Å². The Morgan fingerprint density at radius 3 is 1.15 bits per heavy atom. The Labute approximate surface area is 200 Å². The third-order valence-electron chi connectivity index (χ3n) is 5.42. The summed E-state index contributed by atoms with van der Waals surface area (Å²) in [5.41, 5.74) is 13.2. The number of rotatable bonds is 8. The maximum Gasteiger partial charge on any atom is 0.105 e. The highest BCUT2D eigenvalue weighted by molar-refractivity contribution is 5.86. The fraction of sp³-hybridized carbons (Fsp3) is 0. The minimum Gasteiger partial charge on any atom is -0.308 e. The molecule has 0 radical (unpaired) electrons. The van der Waals surface area contributed by atoms with E-state index >= 15 is 0 Å². The molecule has 5 aromatic carbocycles. The van der Waals surface area contributed by atoms with Gasteiger partial charge < -0.3 is 4.90 Å². The van der Waals surface area contributed by atoms with Gasteiger partial charge in [-0.05, 0) is 60.7 Å². The van der Waals surface area contributed by atoms with E-state index in [1.54, 1.807) is 0 Å². The minimum atomic E-state index is 0.975. The molecule has 0 saturated carbocycles. The lowest BCUT2D eigenvalue weighted by molar-refractivity contribution is 1.05. The molecule has 0 aliphatic heterocycles. The minimum absolute atomic E-state index is 0.975. The van der Waals surface area contributed by atoms with Crippen LogP contribution in [-0.4, -0.2) is 0 Å². The topological polar surface area (TPSA) is 30.5 Å². The molecular weight excluding hydrogens is 416 g/mol. The lowest BCUT2D eigenvalue weighted by atomic mass is 10.1. The lowest BCUT2D eigenvalue weighted by Crippen LogP contribution is -2.36. The van der Waals surface area contributed by atoms with Crippen molar-refractivity contribution >= 4 is 34.1 Å². The molecule has 0 amide bonds. The molecule has 0 atom stereocenters. The average molecular weight is 443 g/mol. The first kappa shape index (κ1) is 21.2. The molecule has 0 bridgehead atoms. The summed E-state index contributed by atoms with van der Waals surface area (Å²) in [7, 11) is 0. The van der Waals surface area contributed by atoms with Gasteiger partial charge in [-0.1, -0.05) is 84.9 Å². The van der Waals surface area contributed by atoms with Gasteiger partial charge in [-0.25, -0.2) is 0 Å². The Hall–Kier alpha value is -4.70. The highest BCUT2D eigenvalue weighted by atomic mass is 15.7. The lowest BCUT2D eigenvalue weighted by Gasteiger charge is -2.33. The zero-order valence-corrected chi connectivity index (χ0v) is 18.8. The van der Waals surface area contributed by atoms with Gasteiger partial charge in [0.1, 0.15) is 5.69 Å². The van der Waals surface area contributed by atoms with Crippen LogP contribution in [0, 0.1) is 0 Å². The van der Waals surface area contributed by atoms with Crippen LogP contribution in [0.15, 0.2) is 146 Å². The monoisotopic (exact) mass is 442 g/mol. The van der Waals surface area contributed by atoms with Crippen molar-refractivity contribution in [2.24, 2.45) is 0 Å². The predicted octanol–water partition coefficient (Wildman–Crippen LogP) is 8.02. The van der Waals surface area contributed by atoms with E-state index < -0.39 is 0 Å². The molecule has 5 rings (SSSR count). The van der Waals surface area contributed by atoms with Crippen molar-refractivity contribution in [2.45, 2.75) is 0 Å². The second-order valence-corrected chi connectivity index (χ2v) is 7.79. The van der Waals surface area contributed by atoms with Crippen molar-refractivity contribution in [1.82, 2.24) is 0 Å². The summed E-state index contributed by atoms with van der Waals surface area (Å²) >= 11 is 0. The van der Waals surface area contributed by atoms with Gasteiger partial charge in [0.05, 0.1) is 17.1 Å². The maximum absolute atomic E-state index is 3.54. The van der Waals surface area contributed by atoms with Gasteiger partial charge in [-0.2, -0.15) is 5.12 Å². The standard InChI is InChI=1S/C30H26N4/c1-5-15-25(16-6-1)31-34(32-26-17-7-2-8-18-26)30-24-14-13-23-29(30)33(27-19-9-3-10-20-27)28-21-11-4-12-22-28/h1-24,31-32H. The zero-order chi connectivity index (χ0) is 23.0. The van der Waals surface area contributed by atoms with Crippen LogP contribution in [0.5, 0.6) is 0 Å². The Kier molecular flexibility index (Phi) is 6.40. The van der Waals surface area contributed by atoms with E-state index in [1.165, 1.54) is 0 Å². The molecule has 0 spiro atoms. The maximum atomic E-state index is 3.54. The Balaban J connectivity index is 1.62. The number of hydrazine groups is 2. The van der Waals surface area contributed by atoms with E-state index in [2.05, 4.69) is 113 Å². The predicted molar refractivity (Wildman–Crippen MR) is 144 cm³/mol. The van der Waals surface area contributed by atoms with Crippen molar-refractivity contribution in [1.29, 1.82) is 0 Å². The summed E-state index contributed by atoms with van der Waals surface area (Å²) in [6.45, 7) is 0. The molecule has 166 valence electrons. The molecule has 0 aliphatic carbocycles. The summed E-state index contributed by atoms with van der Waals surface area (Å²) < 4.78 is 0. The van der Waals surface area contributed by atoms with Crippen molar-refractivity contribution < 1.29 is 0 Å². The molecule has 4 nitrogen and oxygen atoms in total. The van der Waals surface area contributed by atoms with Crippen molar-refractivity contribution in [2.75, 3.05) is 20.9 Å². The number of hydrogen-bond acceptors (Lipinski definition) is 4. The third-order valence-corrected chi connectivity index (χ3v) is 5.42. The number of nitrogens with one attached hydrogen (secondary N) is 2. The largest absolute Gasteiger partial charge is 0.308 e. The van der Waals surface area contributed by atoms with Gasteiger partial charge in [-0.15, -0.1) is 0 Å². The Morgan fingerprint density at radius 2 is 0.706 bits per heavy atom. The summed E-state index contributed by atoms with van der Waals surface area (Å²) in [5, 5.41) is 1.97. The number of benzene rings is 5. The molecule has 0 fully saturated rings. The van der Waals surface area contributed by atoms with Crippen molar-refractivity contribution in [3.8, 4) is 0 Å². The van der Waals surface area contributed by atoms with Crippen LogP contribution in [0.25, 0.3) is 0 Å². The van der Waals surface area contributed by atoms with Crippen molar-refractivity contribution in [3.05, 3.63) is 146 Å². The molecule has 0 saturated heterocycles. The molecule has 0 heterocycles. The fourth-order valence-corrected chi connectivity index (χ4v) is 3.86. The number of para-hydroxylation sites is 6. The van der Waals surface area contributed by atoms with Crippen molar-refractivity contribution in [3.63, 3.8) is 0 Å². The van der Waals surface area contributed by atoms with E-state index in [4.69, 9.17) is 0 Å². The van der Waals surface area contributed by atoms with Crippen LogP contribution in [0.2, 0.25) is 0 Å². The first-order valence-corrected chi connectivity index (χ1v) is 11.3. The number of anilines is 6. The Bertz CT molecular complexity index is 1210. The van der Waals surface area contributed by atoms with Gasteiger partial charge in [0, 0.05) is 11.4 Å².